The summed E-state index contributed by atoms with van der Waals surface area (Å²) < 4.78 is 10.4. The van der Waals surface area contributed by atoms with Gasteiger partial charge in [0.05, 0.1) is 7.11 Å². The zero-order chi connectivity index (χ0) is 36.5. The minimum atomic E-state index is -0.891. The van der Waals surface area contributed by atoms with Gasteiger partial charge in [-0.05, 0) is 81.8 Å². The van der Waals surface area contributed by atoms with Gasteiger partial charge in [0.2, 0.25) is 17.7 Å². The predicted octanol–water partition coefficient (Wildman–Crippen LogP) is 4.52. The van der Waals surface area contributed by atoms with Crippen LogP contribution in [-0.2, 0) is 46.4 Å². The minimum absolute atomic E-state index is 0.00190. The number of allylic oxidation sites excluding steroid dienone is 1. The average Bonchev–Trinajstić information content (AvgIpc) is 3.46. The molecule has 2 aliphatic rings. The smallest absolute Gasteiger partial charge is 0.328 e. The number of rotatable bonds is 15. The van der Waals surface area contributed by atoms with Gasteiger partial charge in [0, 0.05) is 38.2 Å². The zero-order valence-corrected chi connectivity index (χ0v) is 30.8. The van der Waals surface area contributed by atoms with Crippen LogP contribution in [0.15, 0.2) is 36.5 Å². The largest absolute Gasteiger partial charge is 0.467 e. The van der Waals surface area contributed by atoms with Gasteiger partial charge in [-0.1, -0.05) is 58.5 Å². The summed E-state index contributed by atoms with van der Waals surface area (Å²) in [4.78, 5) is 69.4. The highest BCUT2D eigenvalue weighted by atomic mass is 16.6. The number of nitrogens with zero attached hydrogens (tertiary/aromatic N) is 2. The molecule has 0 aliphatic carbocycles. The van der Waals surface area contributed by atoms with Gasteiger partial charge in [-0.3, -0.25) is 19.2 Å². The van der Waals surface area contributed by atoms with E-state index in [9.17, 15) is 24.0 Å². The number of hydrogen-bond donors (Lipinski definition) is 2. The number of ether oxygens (including phenoxy) is 2. The highest BCUT2D eigenvalue weighted by molar-refractivity contribution is 5.93. The van der Waals surface area contributed by atoms with Crippen molar-refractivity contribution in [3.05, 3.63) is 47.7 Å². The molecular formula is C38H58N4O7. The Labute approximate surface area is 292 Å². The van der Waals surface area contributed by atoms with Crippen LogP contribution in [0.2, 0.25) is 0 Å². The van der Waals surface area contributed by atoms with Crippen LogP contribution < -0.4 is 10.6 Å². The highest BCUT2D eigenvalue weighted by Crippen LogP contribution is 2.30. The number of methoxy groups -OCH3 is 1. The first-order valence-electron chi connectivity index (χ1n) is 17.7. The van der Waals surface area contributed by atoms with E-state index in [0.29, 0.717) is 50.9 Å². The quantitative estimate of drug-likeness (QED) is 0.204. The number of carbonyl (C=O) groups is 5. The SMILES string of the molecule is C=C(CCCCC(=O)OC(C)(C)C)N[C@H](C(=O)N[C@H](C(=O)N1C[C@H](CC(=O)N2CCc3ccccc3C2)C[C@H]1C(=O)OC)C(C)C)C(C)C. The molecule has 0 unspecified atom stereocenters. The molecule has 1 saturated heterocycles. The lowest BCUT2D eigenvalue weighted by atomic mass is 9.97. The Morgan fingerprint density at radius 2 is 1.57 bits per heavy atom. The van der Waals surface area contributed by atoms with Crippen LogP contribution in [-0.4, -0.2) is 83.4 Å². The molecule has 4 atom stereocenters. The van der Waals surface area contributed by atoms with Crippen molar-refractivity contribution in [3.63, 3.8) is 0 Å². The fourth-order valence-electron chi connectivity index (χ4n) is 6.52. The molecule has 0 spiro atoms. The maximum absolute atomic E-state index is 14.1. The summed E-state index contributed by atoms with van der Waals surface area (Å²) >= 11 is 0. The number of hydrogen-bond acceptors (Lipinski definition) is 8. The molecule has 3 rings (SSSR count). The third-order valence-corrected chi connectivity index (χ3v) is 9.16. The van der Waals surface area contributed by atoms with E-state index in [4.69, 9.17) is 9.47 Å². The Bertz CT molecular complexity index is 1350. The Balaban J connectivity index is 1.61. The lowest BCUT2D eigenvalue weighted by molar-refractivity contribution is -0.155. The van der Waals surface area contributed by atoms with Crippen LogP contribution in [0.3, 0.4) is 0 Å². The molecule has 1 aromatic carbocycles. The maximum Gasteiger partial charge on any atom is 0.328 e. The van der Waals surface area contributed by atoms with E-state index >= 15 is 0 Å². The molecule has 2 aliphatic heterocycles. The Morgan fingerprint density at radius 1 is 0.939 bits per heavy atom. The van der Waals surface area contributed by atoms with Crippen molar-refractivity contribution >= 4 is 29.7 Å². The van der Waals surface area contributed by atoms with Gasteiger partial charge >= 0.3 is 11.9 Å². The first-order valence-corrected chi connectivity index (χ1v) is 17.7. The molecule has 1 fully saturated rings. The third-order valence-electron chi connectivity index (χ3n) is 9.16. The monoisotopic (exact) mass is 682 g/mol. The number of unbranched alkanes of at least 4 members (excludes halogenated alkanes) is 1. The van der Waals surface area contributed by atoms with Gasteiger partial charge in [-0.2, -0.15) is 0 Å². The number of nitrogens with one attached hydrogen (secondary N) is 2. The molecule has 49 heavy (non-hydrogen) atoms. The van der Waals surface area contributed by atoms with Gasteiger partial charge in [-0.15, -0.1) is 0 Å². The molecule has 1 aromatic rings. The van der Waals surface area contributed by atoms with E-state index in [-0.39, 0.29) is 54.4 Å². The normalized spacial score (nSPS) is 18.8. The van der Waals surface area contributed by atoms with Crippen molar-refractivity contribution in [1.29, 1.82) is 0 Å². The Morgan fingerprint density at radius 3 is 2.18 bits per heavy atom. The zero-order valence-electron chi connectivity index (χ0n) is 30.8. The van der Waals surface area contributed by atoms with Crippen molar-refractivity contribution < 1.29 is 33.4 Å². The topological polar surface area (TPSA) is 134 Å². The Kier molecular flexibility index (Phi) is 14.3. The van der Waals surface area contributed by atoms with Gasteiger partial charge in [0.15, 0.2) is 0 Å². The van der Waals surface area contributed by atoms with Crippen LogP contribution in [0.1, 0.15) is 98.1 Å². The molecular weight excluding hydrogens is 624 g/mol. The van der Waals surface area contributed by atoms with Gasteiger partial charge in [0.25, 0.3) is 0 Å². The summed E-state index contributed by atoms with van der Waals surface area (Å²) in [5.74, 6) is -2.10. The fourth-order valence-corrected chi connectivity index (χ4v) is 6.52. The van der Waals surface area contributed by atoms with Crippen molar-refractivity contribution in [3.8, 4) is 0 Å². The van der Waals surface area contributed by atoms with Crippen LogP contribution in [0.25, 0.3) is 0 Å². The number of likely N-dealkylation sites (tertiary alicyclic amines) is 1. The summed E-state index contributed by atoms with van der Waals surface area (Å²) in [6, 6.07) is 5.74. The van der Waals surface area contributed by atoms with Crippen molar-refractivity contribution in [1.82, 2.24) is 20.4 Å². The highest BCUT2D eigenvalue weighted by Gasteiger charge is 2.44. The van der Waals surface area contributed by atoms with Gasteiger partial charge in [-0.25, -0.2) is 4.79 Å². The summed E-state index contributed by atoms with van der Waals surface area (Å²) in [6.07, 6.45) is 3.54. The van der Waals surface area contributed by atoms with Gasteiger partial charge < -0.3 is 29.9 Å². The fraction of sp³-hybridized carbons (Fsp3) is 0.658. The van der Waals surface area contributed by atoms with E-state index in [2.05, 4.69) is 23.3 Å². The molecule has 11 heteroatoms. The van der Waals surface area contributed by atoms with Gasteiger partial charge in [0.1, 0.15) is 23.7 Å². The van der Waals surface area contributed by atoms with E-state index in [0.717, 1.165) is 12.0 Å². The van der Waals surface area contributed by atoms with E-state index < -0.39 is 29.7 Å². The first kappa shape index (κ1) is 39.5. The number of amides is 3. The lowest BCUT2D eigenvalue weighted by Crippen LogP contribution is -2.57. The second kappa shape index (κ2) is 17.7. The van der Waals surface area contributed by atoms with Crippen LogP contribution >= 0.6 is 0 Å². The molecule has 0 bridgehead atoms. The van der Waals surface area contributed by atoms with Crippen molar-refractivity contribution in [2.45, 2.75) is 124 Å². The van der Waals surface area contributed by atoms with Crippen LogP contribution in [0.5, 0.6) is 0 Å². The number of fused-ring (bicyclic) bond motifs is 1. The molecule has 11 nitrogen and oxygen atoms in total. The molecule has 0 aromatic heterocycles. The van der Waals surface area contributed by atoms with Crippen LogP contribution in [0, 0.1) is 17.8 Å². The predicted molar refractivity (Wildman–Crippen MR) is 188 cm³/mol. The van der Waals surface area contributed by atoms with E-state index in [1.54, 1.807) is 0 Å². The second-order valence-electron chi connectivity index (χ2n) is 15.2. The van der Waals surface area contributed by atoms with E-state index in [1.165, 1.54) is 17.6 Å². The first-order chi connectivity index (χ1) is 23.0. The van der Waals surface area contributed by atoms with Crippen LogP contribution in [0.4, 0.5) is 0 Å². The standard InChI is InChI=1S/C38H58N4O7/c1-24(2)33(39-26(5)14-10-13-17-32(44)49-38(6,7)8)35(45)40-34(25(3)4)36(46)42-22-27(20-30(42)37(47)48-9)21-31(43)41-19-18-28-15-11-12-16-29(28)23-41/h11-12,15-16,24-25,27,30,33-34,39H,5,10,13-14,17-23H2,1-4,6-9H3,(H,40,45)/t27-,30-,33-,34-/m0/s1. The number of benzene rings is 1. The number of carbonyl (C=O) groups excluding carboxylic acids is 5. The Hall–Kier alpha value is -3.89. The molecule has 272 valence electrons. The minimum Gasteiger partial charge on any atom is -0.467 e. The molecule has 2 heterocycles. The maximum atomic E-state index is 14.1. The molecule has 3 amide bonds. The summed E-state index contributed by atoms with van der Waals surface area (Å²) in [6.45, 7) is 18.5. The second-order valence-corrected chi connectivity index (χ2v) is 15.2. The lowest BCUT2D eigenvalue weighted by Gasteiger charge is -2.32. The van der Waals surface area contributed by atoms with E-state index in [1.807, 2.05) is 71.6 Å². The van der Waals surface area contributed by atoms with Crippen molar-refractivity contribution in [2.75, 3.05) is 20.2 Å². The average molecular weight is 683 g/mol. The molecule has 2 N–H and O–H groups in total. The summed E-state index contributed by atoms with van der Waals surface area (Å²) in [5, 5.41) is 6.19. The summed E-state index contributed by atoms with van der Waals surface area (Å²) in [7, 11) is 1.29. The molecule has 0 radical (unpaired) electrons. The van der Waals surface area contributed by atoms with Crippen molar-refractivity contribution in [2.24, 2.45) is 17.8 Å². The molecule has 0 saturated carbocycles. The number of esters is 2. The summed E-state index contributed by atoms with van der Waals surface area (Å²) in [5.41, 5.74) is 2.54. The third kappa shape index (κ3) is 11.6.